The van der Waals surface area contributed by atoms with Gasteiger partial charge in [0, 0.05) is 32.0 Å². The summed E-state index contributed by atoms with van der Waals surface area (Å²) in [6.45, 7) is 1.45. The number of nitrogens with one attached hydrogen (secondary N) is 2. The molecule has 1 aliphatic heterocycles. The number of hydrogen-bond acceptors (Lipinski definition) is 3. The minimum absolute atomic E-state index is 0.194. The first-order chi connectivity index (χ1) is 11.6. The van der Waals surface area contributed by atoms with Gasteiger partial charge >= 0.3 is 0 Å². The number of sulfonamides is 1. The van der Waals surface area contributed by atoms with E-state index in [1.165, 1.54) is 0 Å². The molecule has 1 saturated heterocycles. The van der Waals surface area contributed by atoms with Crippen LogP contribution in [0.4, 0.5) is 0 Å². The molecule has 2 heterocycles. The second-order valence-corrected chi connectivity index (χ2v) is 7.83. The lowest BCUT2D eigenvalue weighted by atomic mass is 10.2. The van der Waals surface area contributed by atoms with Crippen molar-refractivity contribution >= 4 is 15.9 Å². The summed E-state index contributed by atoms with van der Waals surface area (Å²) in [5.74, 6) is -0.194. The van der Waals surface area contributed by atoms with Gasteiger partial charge in [-0.15, -0.1) is 0 Å². The number of carbonyl (C=O) groups is 1. The zero-order chi connectivity index (χ0) is 17.0. The Morgan fingerprint density at radius 1 is 1.17 bits per heavy atom. The highest BCUT2D eigenvalue weighted by Gasteiger charge is 2.25. The third kappa shape index (κ3) is 3.68. The van der Waals surface area contributed by atoms with E-state index in [2.05, 4.69) is 10.3 Å². The Labute approximate surface area is 141 Å². The van der Waals surface area contributed by atoms with Crippen LogP contribution in [-0.4, -0.2) is 36.7 Å². The van der Waals surface area contributed by atoms with Crippen molar-refractivity contribution in [3.8, 4) is 0 Å². The summed E-state index contributed by atoms with van der Waals surface area (Å²) in [6.07, 6.45) is 6.20. The Kier molecular flexibility index (Phi) is 5.01. The monoisotopic (exact) mass is 347 g/mol. The van der Waals surface area contributed by atoms with Crippen LogP contribution in [0.1, 0.15) is 35.2 Å². The van der Waals surface area contributed by atoms with Crippen LogP contribution in [0.2, 0.25) is 0 Å². The molecule has 0 unspecified atom stereocenters. The van der Waals surface area contributed by atoms with Crippen LogP contribution < -0.4 is 5.32 Å². The first kappa shape index (κ1) is 16.7. The molecule has 0 spiro atoms. The third-order valence-electron chi connectivity index (χ3n) is 4.16. The molecular formula is C17H21N3O3S. The van der Waals surface area contributed by atoms with E-state index < -0.39 is 10.0 Å². The molecule has 3 rings (SSSR count). The predicted molar refractivity (Wildman–Crippen MR) is 91.0 cm³/mol. The highest BCUT2D eigenvalue weighted by molar-refractivity contribution is 7.89. The molecule has 0 radical (unpaired) electrons. The van der Waals surface area contributed by atoms with Crippen LogP contribution in [0.5, 0.6) is 0 Å². The number of aromatic nitrogens is 1. The van der Waals surface area contributed by atoms with Crippen molar-refractivity contribution in [2.45, 2.75) is 30.7 Å². The number of aromatic amines is 1. The van der Waals surface area contributed by atoms with Crippen molar-refractivity contribution in [3.63, 3.8) is 0 Å². The number of nitrogens with zero attached hydrogens (tertiary/aromatic N) is 1. The van der Waals surface area contributed by atoms with Gasteiger partial charge in [0.15, 0.2) is 0 Å². The summed E-state index contributed by atoms with van der Waals surface area (Å²) in [5.41, 5.74) is 1.31. The fourth-order valence-corrected chi connectivity index (χ4v) is 4.41. The summed E-state index contributed by atoms with van der Waals surface area (Å²) >= 11 is 0. The lowest BCUT2D eigenvalue weighted by Gasteiger charge is -2.26. The Balaban J connectivity index is 1.70. The van der Waals surface area contributed by atoms with E-state index in [0.717, 1.165) is 24.8 Å². The first-order valence-corrected chi connectivity index (χ1v) is 9.51. The van der Waals surface area contributed by atoms with E-state index in [4.69, 9.17) is 0 Å². The van der Waals surface area contributed by atoms with Crippen LogP contribution in [0, 0.1) is 0 Å². The minimum Gasteiger partial charge on any atom is -0.367 e. The predicted octanol–water partition coefficient (Wildman–Crippen LogP) is 2.12. The molecule has 2 N–H and O–H groups in total. The maximum atomic E-state index is 12.7. The standard InChI is InChI=1S/C17H21N3O3S/c21-17(15-7-8-18-13-15)19-12-14-5-4-6-16(11-14)24(22,23)20-9-2-1-3-10-20/h4-8,11,13,18H,1-3,9-10,12H2,(H,19,21). The quantitative estimate of drug-likeness (QED) is 0.869. The van der Waals surface area contributed by atoms with Gasteiger partial charge in [0.05, 0.1) is 10.5 Å². The molecule has 0 aliphatic carbocycles. The molecule has 2 aromatic rings. The van der Waals surface area contributed by atoms with Gasteiger partial charge in [-0.3, -0.25) is 4.79 Å². The van der Waals surface area contributed by atoms with Crippen LogP contribution in [0.3, 0.4) is 0 Å². The number of rotatable bonds is 5. The molecule has 1 aliphatic rings. The molecule has 128 valence electrons. The number of H-pyrrole nitrogens is 1. The fraction of sp³-hybridized carbons (Fsp3) is 0.353. The van der Waals surface area contributed by atoms with Crippen LogP contribution in [-0.2, 0) is 16.6 Å². The second-order valence-electron chi connectivity index (χ2n) is 5.89. The van der Waals surface area contributed by atoms with E-state index in [-0.39, 0.29) is 17.3 Å². The molecule has 7 heteroatoms. The molecule has 0 bridgehead atoms. The lowest BCUT2D eigenvalue weighted by molar-refractivity contribution is 0.0951. The molecule has 1 fully saturated rings. The Morgan fingerprint density at radius 2 is 1.96 bits per heavy atom. The van der Waals surface area contributed by atoms with Gasteiger partial charge in [-0.05, 0) is 36.6 Å². The van der Waals surface area contributed by atoms with Gasteiger partial charge in [-0.1, -0.05) is 18.6 Å². The molecule has 1 amide bonds. The second kappa shape index (κ2) is 7.19. The minimum atomic E-state index is -3.45. The third-order valence-corrected chi connectivity index (χ3v) is 6.06. The van der Waals surface area contributed by atoms with Gasteiger partial charge in [0.25, 0.3) is 5.91 Å². The molecule has 0 atom stereocenters. The summed E-state index contributed by atoms with van der Waals surface area (Å²) in [7, 11) is -3.45. The highest BCUT2D eigenvalue weighted by atomic mass is 32.2. The summed E-state index contributed by atoms with van der Waals surface area (Å²) in [5, 5.41) is 2.79. The van der Waals surface area contributed by atoms with Crippen LogP contribution in [0.15, 0.2) is 47.6 Å². The SMILES string of the molecule is O=C(NCc1cccc(S(=O)(=O)N2CCCCC2)c1)c1cc[nH]c1. The number of hydrogen-bond donors (Lipinski definition) is 2. The van der Waals surface area contributed by atoms with Gasteiger partial charge in [-0.2, -0.15) is 4.31 Å². The van der Waals surface area contributed by atoms with Crippen molar-refractivity contribution in [1.29, 1.82) is 0 Å². The largest absolute Gasteiger partial charge is 0.367 e. The van der Waals surface area contributed by atoms with Crippen molar-refractivity contribution in [3.05, 3.63) is 53.9 Å². The average molecular weight is 347 g/mol. The van der Waals surface area contributed by atoms with Crippen molar-refractivity contribution in [2.75, 3.05) is 13.1 Å². The van der Waals surface area contributed by atoms with Crippen molar-refractivity contribution in [2.24, 2.45) is 0 Å². The molecule has 6 nitrogen and oxygen atoms in total. The zero-order valence-electron chi connectivity index (χ0n) is 13.4. The first-order valence-electron chi connectivity index (χ1n) is 8.07. The highest BCUT2D eigenvalue weighted by Crippen LogP contribution is 2.21. The zero-order valence-corrected chi connectivity index (χ0v) is 14.2. The van der Waals surface area contributed by atoms with E-state index in [1.54, 1.807) is 41.0 Å². The maximum Gasteiger partial charge on any atom is 0.253 e. The summed E-state index contributed by atoms with van der Waals surface area (Å²) < 4.78 is 26.9. The Morgan fingerprint density at radius 3 is 2.67 bits per heavy atom. The fourth-order valence-electron chi connectivity index (χ4n) is 2.82. The van der Waals surface area contributed by atoms with E-state index in [0.29, 0.717) is 18.7 Å². The van der Waals surface area contributed by atoms with Gasteiger partial charge in [-0.25, -0.2) is 8.42 Å². The molecule has 24 heavy (non-hydrogen) atoms. The van der Waals surface area contributed by atoms with E-state index in [1.807, 2.05) is 6.07 Å². The number of benzene rings is 1. The Bertz CT molecular complexity index is 794. The lowest BCUT2D eigenvalue weighted by Crippen LogP contribution is -2.35. The van der Waals surface area contributed by atoms with Crippen LogP contribution >= 0.6 is 0 Å². The number of piperidine rings is 1. The molecule has 1 aromatic heterocycles. The normalized spacial score (nSPS) is 16.0. The van der Waals surface area contributed by atoms with Crippen LogP contribution in [0.25, 0.3) is 0 Å². The number of amides is 1. The number of carbonyl (C=O) groups excluding carboxylic acids is 1. The maximum absolute atomic E-state index is 12.7. The van der Waals surface area contributed by atoms with Gasteiger partial charge in [0.1, 0.15) is 0 Å². The smallest absolute Gasteiger partial charge is 0.253 e. The Hall–Kier alpha value is -2.12. The van der Waals surface area contributed by atoms with Gasteiger partial charge in [0.2, 0.25) is 10.0 Å². The molecular weight excluding hydrogens is 326 g/mol. The summed E-state index contributed by atoms with van der Waals surface area (Å²) in [4.78, 5) is 15.1. The van der Waals surface area contributed by atoms with Crippen molar-refractivity contribution < 1.29 is 13.2 Å². The molecule has 1 aromatic carbocycles. The summed E-state index contributed by atoms with van der Waals surface area (Å²) in [6, 6.07) is 8.47. The topological polar surface area (TPSA) is 82.3 Å². The molecule has 0 saturated carbocycles. The van der Waals surface area contributed by atoms with E-state index in [9.17, 15) is 13.2 Å². The van der Waals surface area contributed by atoms with Crippen molar-refractivity contribution in [1.82, 2.24) is 14.6 Å². The van der Waals surface area contributed by atoms with E-state index >= 15 is 0 Å². The average Bonchev–Trinajstić information content (AvgIpc) is 3.15. The van der Waals surface area contributed by atoms with Gasteiger partial charge < -0.3 is 10.3 Å².